The van der Waals surface area contributed by atoms with Crippen molar-refractivity contribution < 1.29 is 20.5 Å². The molecule has 0 N–H and O–H groups in total. The first kappa shape index (κ1) is 17.5. The number of halogens is 3. The summed E-state index contributed by atoms with van der Waals surface area (Å²) in [5.74, 6) is 0. The fourth-order valence-corrected chi connectivity index (χ4v) is 3.05. The Bertz CT molecular complexity index is 1050. The van der Waals surface area contributed by atoms with Crippen molar-refractivity contribution in [2.45, 2.75) is 33.3 Å². The first-order chi connectivity index (χ1) is 13.9. The number of nitrogens with zero attached hydrogens (tertiary/aromatic N) is 1. The van der Waals surface area contributed by atoms with Crippen molar-refractivity contribution in [1.82, 2.24) is 0 Å². The highest BCUT2D eigenvalue weighted by Crippen LogP contribution is 2.40. The summed E-state index contributed by atoms with van der Waals surface area (Å²) in [5.41, 5.74) is 2.48. The second kappa shape index (κ2) is 7.42. The molecule has 0 amide bonds. The first-order valence-corrected chi connectivity index (χ1v) is 9.09. The van der Waals surface area contributed by atoms with E-state index in [-0.39, 0.29) is 5.56 Å². The molecule has 0 fully saturated rings. The SMILES string of the molecule is [2H]C([2H])(c1ccc(-c2cc[n+](C)c(-c3ccccc3C)c2)cc1)C(C)(C)C(F)(F)F. The van der Waals surface area contributed by atoms with Crippen LogP contribution in [0, 0.1) is 12.3 Å². The molecule has 0 saturated heterocycles. The zero-order valence-corrected chi connectivity index (χ0v) is 16.4. The van der Waals surface area contributed by atoms with Gasteiger partial charge < -0.3 is 0 Å². The molecule has 0 spiro atoms. The van der Waals surface area contributed by atoms with Gasteiger partial charge in [0.2, 0.25) is 5.69 Å². The molecule has 0 aliphatic carbocycles. The molecule has 0 aliphatic rings. The van der Waals surface area contributed by atoms with Crippen LogP contribution in [0.5, 0.6) is 0 Å². The van der Waals surface area contributed by atoms with E-state index in [0.29, 0.717) is 0 Å². The van der Waals surface area contributed by atoms with Crippen molar-refractivity contribution in [2.24, 2.45) is 12.5 Å². The van der Waals surface area contributed by atoms with E-state index < -0.39 is 18.0 Å². The smallest absolute Gasteiger partial charge is 0.201 e. The van der Waals surface area contributed by atoms with Crippen LogP contribution in [-0.2, 0) is 13.4 Å². The first-order valence-electron chi connectivity index (χ1n) is 10.1. The lowest BCUT2D eigenvalue weighted by Crippen LogP contribution is -2.34. The minimum absolute atomic E-state index is 0.00851. The molecule has 1 aromatic heterocycles. The Morgan fingerprint density at radius 2 is 1.57 bits per heavy atom. The predicted molar refractivity (Wildman–Crippen MR) is 107 cm³/mol. The molecule has 146 valence electrons. The number of hydrogen-bond donors (Lipinski definition) is 0. The van der Waals surface area contributed by atoms with Crippen LogP contribution in [0.1, 0.15) is 27.7 Å². The maximum absolute atomic E-state index is 13.4. The third-order valence-electron chi connectivity index (χ3n) is 4.95. The molecule has 0 radical (unpaired) electrons. The van der Waals surface area contributed by atoms with Crippen molar-refractivity contribution in [3.8, 4) is 22.4 Å². The molecule has 0 atom stereocenters. The summed E-state index contributed by atoms with van der Waals surface area (Å²) in [4.78, 5) is 0. The summed E-state index contributed by atoms with van der Waals surface area (Å²) in [7, 11) is 1.96. The van der Waals surface area contributed by atoms with Gasteiger partial charge in [-0.25, -0.2) is 4.57 Å². The lowest BCUT2D eigenvalue weighted by atomic mass is 9.84. The Kier molecular flexibility index (Phi) is 4.63. The van der Waals surface area contributed by atoms with E-state index in [1.165, 1.54) is 12.1 Å². The Morgan fingerprint density at radius 3 is 2.18 bits per heavy atom. The molecule has 1 nitrogen and oxygen atoms in total. The number of rotatable bonds is 4. The van der Waals surface area contributed by atoms with Crippen molar-refractivity contribution in [1.29, 1.82) is 0 Å². The molecule has 28 heavy (non-hydrogen) atoms. The second-order valence-corrected chi connectivity index (χ2v) is 7.55. The highest BCUT2D eigenvalue weighted by molar-refractivity contribution is 5.70. The average Bonchev–Trinajstić information content (AvgIpc) is 2.68. The van der Waals surface area contributed by atoms with Crippen LogP contribution >= 0.6 is 0 Å². The summed E-state index contributed by atoms with van der Waals surface area (Å²) >= 11 is 0. The minimum Gasteiger partial charge on any atom is -0.201 e. The lowest BCUT2D eigenvalue weighted by molar-refractivity contribution is -0.660. The average molecular weight is 386 g/mol. The summed E-state index contributed by atoms with van der Waals surface area (Å²) in [5, 5.41) is 0. The van der Waals surface area contributed by atoms with Gasteiger partial charge in [-0.1, -0.05) is 56.3 Å². The Labute approximate surface area is 167 Å². The zero-order chi connectivity index (χ0) is 22.3. The van der Waals surface area contributed by atoms with Gasteiger partial charge in [-0.3, -0.25) is 0 Å². The predicted octanol–water partition coefficient (Wildman–Crippen LogP) is 6.28. The number of benzene rings is 2. The number of aryl methyl sites for hydroxylation is 2. The highest BCUT2D eigenvalue weighted by Gasteiger charge is 2.46. The van der Waals surface area contributed by atoms with Gasteiger partial charge in [-0.2, -0.15) is 13.2 Å². The standard InChI is InChI=1S/C24H25F3N/c1-17-7-5-6-8-21(17)22-15-20(13-14-28(22)4)19-11-9-18(10-12-19)16-23(2,3)24(25,26)27/h5-15H,16H2,1-4H3/q+1/i16D2. The Morgan fingerprint density at radius 1 is 0.929 bits per heavy atom. The monoisotopic (exact) mass is 386 g/mol. The number of aromatic nitrogens is 1. The van der Waals surface area contributed by atoms with E-state index in [9.17, 15) is 13.2 Å². The van der Waals surface area contributed by atoms with Crippen LogP contribution in [0.15, 0.2) is 66.9 Å². The van der Waals surface area contributed by atoms with Gasteiger partial charge in [-0.05, 0) is 41.6 Å². The maximum atomic E-state index is 13.4. The van der Waals surface area contributed by atoms with E-state index in [4.69, 9.17) is 2.74 Å². The topological polar surface area (TPSA) is 3.88 Å². The highest BCUT2D eigenvalue weighted by atomic mass is 19.4. The van der Waals surface area contributed by atoms with Crippen LogP contribution in [0.3, 0.4) is 0 Å². The van der Waals surface area contributed by atoms with Crippen LogP contribution in [0.25, 0.3) is 22.4 Å². The van der Waals surface area contributed by atoms with E-state index in [0.717, 1.165) is 41.8 Å². The molecule has 0 aliphatic heterocycles. The van der Waals surface area contributed by atoms with Crippen LogP contribution in [-0.4, -0.2) is 6.18 Å². The van der Waals surface area contributed by atoms with Crippen molar-refractivity contribution in [3.63, 3.8) is 0 Å². The summed E-state index contributed by atoms with van der Waals surface area (Å²) in [6.07, 6.45) is -5.28. The quantitative estimate of drug-likeness (QED) is 0.464. The molecule has 1 heterocycles. The van der Waals surface area contributed by atoms with Crippen molar-refractivity contribution in [3.05, 3.63) is 78.0 Å². The van der Waals surface area contributed by atoms with Gasteiger partial charge in [-0.15, -0.1) is 0 Å². The van der Waals surface area contributed by atoms with Gasteiger partial charge in [0.25, 0.3) is 0 Å². The van der Waals surface area contributed by atoms with E-state index in [1.807, 2.05) is 61.1 Å². The Balaban J connectivity index is 2.00. The van der Waals surface area contributed by atoms with Gasteiger partial charge >= 0.3 is 6.18 Å². The number of alkyl halides is 3. The van der Waals surface area contributed by atoms with Crippen LogP contribution in [0.2, 0.25) is 0 Å². The summed E-state index contributed by atoms with van der Waals surface area (Å²) in [6, 6.07) is 18.3. The van der Waals surface area contributed by atoms with E-state index in [1.54, 1.807) is 12.1 Å². The largest absolute Gasteiger partial charge is 0.394 e. The summed E-state index contributed by atoms with van der Waals surface area (Å²) in [6.45, 7) is 3.83. The van der Waals surface area contributed by atoms with Gasteiger partial charge in [0, 0.05) is 20.4 Å². The van der Waals surface area contributed by atoms with E-state index in [2.05, 4.69) is 0 Å². The molecule has 0 saturated carbocycles. The lowest BCUT2D eigenvalue weighted by Gasteiger charge is -2.27. The van der Waals surface area contributed by atoms with Crippen LogP contribution in [0.4, 0.5) is 13.2 Å². The fourth-order valence-electron chi connectivity index (χ4n) is 3.05. The molecule has 4 heteroatoms. The minimum atomic E-state index is -4.66. The van der Waals surface area contributed by atoms with Crippen LogP contribution < -0.4 is 4.57 Å². The molecule has 3 aromatic rings. The van der Waals surface area contributed by atoms with Gasteiger partial charge in [0.05, 0.1) is 5.41 Å². The third-order valence-corrected chi connectivity index (χ3v) is 4.95. The second-order valence-electron chi connectivity index (χ2n) is 7.55. The van der Waals surface area contributed by atoms with Crippen molar-refractivity contribution >= 4 is 0 Å². The third kappa shape index (κ3) is 4.11. The molecule has 0 unspecified atom stereocenters. The molecule has 3 rings (SSSR count). The molecule has 0 bridgehead atoms. The normalized spacial score (nSPS) is 13.8. The van der Waals surface area contributed by atoms with Gasteiger partial charge in [0.15, 0.2) is 6.20 Å². The molecular weight excluding hydrogens is 359 g/mol. The summed E-state index contributed by atoms with van der Waals surface area (Å²) < 4.78 is 58.5. The van der Waals surface area contributed by atoms with Crippen molar-refractivity contribution in [2.75, 3.05) is 0 Å². The van der Waals surface area contributed by atoms with Gasteiger partial charge in [0.1, 0.15) is 7.05 Å². The van der Waals surface area contributed by atoms with E-state index >= 15 is 0 Å². The zero-order valence-electron chi connectivity index (χ0n) is 18.4. The fraction of sp³-hybridized carbons (Fsp3) is 0.292. The number of hydrogen-bond acceptors (Lipinski definition) is 0. The molecule has 2 aromatic carbocycles. The molecular formula is C24H25F3N+. The maximum Gasteiger partial charge on any atom is 0.394 e. The Hall–Kier alpha value is -2.62. The number of pyridine rings is 1.